The third-order valence-electron chi connectivity index (χ3n) is 1.91. The second kappa shape index (κ2) is 3.71. The number of hydrogen-bond donors (Lipinski definition) is 1. The summed E-state index contributed by atoms with van der Waals surface area (Å²) >= 11 is 0. The fraction of sp³-hybridized carbons (Fsp3) is 0.833. The van der Waals surface area contributed by atoms with Gasteiger partial charge < -0.3 is 10.5 Å². The highest BCUT2D eigenvalue weighted by Crippen LogP contribution is 2.31. The number of carbonyl (C=O) groups is 1. The monoisotopic (exact) mass is 227 g/mol. The molecule has 0 heterocycles. The van der Waals surface area contributed by atoms with Crippen LogP contribution in [0, 0.1) is 5.92 Å². The summed E-state index contributed by atoms with van der Waals surface area (Å²) in [5.74, 6) is -0.0699. The Morgan fingerprint density at radius 3 is 2.46 bits per heavy atom. The molecule has 5 nitrogen and oxygen atoms in total. The molecule has 1 fully saturated rings. The topological polar surface area (TPSA) is 86.5 Å². The van der Waals surface area contributed by atoms with E-state index in [1.807, 2.05) is 0 Å². The maximum absolute atomic E-state index is 10.6. The van der Waals surface area contributed by atoms with E-state index in [-0.39, 0.29) is 17.8 Å². The lowest BCUT2D eigenvalue weighted by Crippen LogP contribution is -2.37. The Hall–Kier alpha value is -0.490. The van der Waals surface area contributed by atoms with E-state index in [1.165, 1.54) is 0 Å². The van der Waals surface area contributed by atoms with Crippen molar-refractivity contribution in [2.24, 2.45) is 11.7 Å². The third-order valence-corrected chi connectivity index (χ3v) is 3.16. The second-order valence-electron chi connectivity index (χ2n) is 3.10. The highest BCUT2D eigenvalue weighted by Gasteiger charge is 2.34. The quantitative estimate of drug-likeness (QED) is 0.709. The SMILES string of the molecule is NC(=O)OC1CC(CS(=O)(=O)Cl)C1. The van der Waals surface area contributed by atoms with Crippen LogP contribution < -0.4 is 5.73 Å². The number of ether oxygens (including phenoxy) is 1. The molecule has 0 bridgehead atoms. The van der Waals surface area contributed by atoms with Gasteiger partial charge in [0.05, 0.1) is 5.75 Å². The van der Waals surface area contributed by atoms with Gasteiger partial charge in [0.15, 0.2) is 0 Å². The van der Waals surface area contributed by atoms with Gasteiger partial charge >= 0.3 is 6.09 Å². The molecule has 1 aliphatic rings. The van der Waals surface area contributed by atoms with Crippen LogP contribution in [0.2, 0.25) is 0 Å². The van der Waals surface area contributed by atoms with Crippen LogP contribution in [0.5, 0.6) is 0 Å². The maximum atomic E-state index is 10.6. The minimum Gasteiger partial charge on any atom is -0.446 e. The normalized spacial score (nSPS) is 27.8. The molecule has 0 spiro atoms. The van der Waals surface area contributed by atoms with E-state index < -0.39 is 15.1 Å². The molecule has 1 amide bonds. The molecule has 0 unspecified atom stereocenters. The third kappa shape index (κ3) is 3.82. The Kier molecular flexibility index (Phi) is 3.02. The number of rotatable bonds is 3. The van der Waals surface area contributed by atoms with Crippen LogP contribution in [0.1, 0.15) is 12.8 Å². The van der Waals surface area contributed by atoms with Gasteiger partial charge in [-0.25, -0.2) is 13.2 Å². The highest BCUT2D eigenvalue weighted by molar-refractivity contribution is 8.13. The van der Waals surface area contributed by atoms with Gasteiger partial charge in [0.25, 0.3) is 0 Å². The number of carbonyl (C=O) groups excluding carboxylic acids is 1. The van der Waals surface area contributed by atoms with Gasteiger partial charge in [0.2, 0.25) is 9.05 Å². The van der Waals surface area contributed by atoms with Crippen LogP contribution in [0.4, 0.5) is 4.79 Å². The predicted octanol–water partition coefficient (Wildman–Crippen LogP) is 0.429. The summed E-state index contributed by atoms with van der Waals surface area (Å²) in [5, 5.41) is 0. The van der Waals surface area contributed by atoms with Crippen LogP contribution >= 0.6 is 10.7 Å². The van der Waals surface area contributed by atoms with Crippen LogP contribution in [0.3, 0.4) is 0 Å². The molecule has 2 N–H and O–H groups in total. The van der Waals surface area contributed by atoms with E-state index in [4.69, 9.17) is 16.4 Å². The van der Waals surface area contributed by atoms with E-state index in [0.29, 0.717) is 12.8 Å². The molecule has 0 radical (unpaired) electrons. The molecule has 0 aliphatic heterocycles. The van der Waals surface area contributed by atoms with Crippen LogP contribution in [0.25, 0.3) is 0 Å². The average molecular weight is 228 g/mol. The zero-order chi connectivity index (χ0) is 10.1. The minimum absolute atomic E-state index is 0.00755. The number of halogens is 1. The summed E-state index contributed by atoms with van der Waals surface area (Å²) in [6.07, 6.45) is -0.0119. The van der Waals surface area contributed by atoms with E-state index in [0.717, 1.165) is 0 Å². The summed E-state index contributed by atoms with van der Waals surface area (Å²) in [7, 11) is 1.60. The van der Waals surface area contributed by atoms with Crippen molar-refractivity contribution in [3.8, 4) is 0 Å². The van der Waals surface area contributed by atoms with Gasteiger partial charge in [-0.3, -0.25) is 0 Å². The van der Waals surface area contributed by atoms with E-state index in [9.17, 15) is 13.2 Å². The summed E-state index contributed by atoms with van der Waals surface area (Å²) in [6, 6.07) is 0. The molecular weight excluding hydrogens is 218 g/mol. The molecule has 7 heteroatoms. The van der Waals surface area contributed by atoms with Crippen molar-refractivity contribution in [3.63, 3.8) is 0 Å². The highest BCUT2D eigenvalue weighted by atomic mass is 35.7. The molecule has 13 heavy (non-hydrogen) atoms. The first kappa shape index (κ1) is 10.6. The average Bonchev–Trinajstić information content (AvgIpc) is 1.78. The summed E-state index contributed by atoms with van der Waals surface area (Å²) in [5.41, 5.74) is 4.77. The molecule has 0 saturated heterocycles. The van der Waals surface area contributed by atoms with E-state index in [2.05, 4.69) is 4.74 Å². The summed E-state index contributed by atoms with van der Waals surface area (Å²) < 4.78 is 25.8. The van der Waals surface area contributed by atoms with Crippen molar-refractivity contribution in [1.29, 1.82) is 0 Å². The first-order valence-electron chi connectivity index (χ1n) is 3.75. The first-order chi connectivity index (χ1) is 5.87. The molecule has 1 aliphatic carbocycles. The Bertz CT molecular complexity index is 296. The molecular formula is C6H10ClNO4S. The van der Waals surface area contributed by atoms with Crippen molar-refractivity contribution >= 4 is 25.8 Å². The van der Waals surface area contributed by atoms with E-state index >= 15 is 0 Å². The number of amides is 1. The summed E-state index contributed by atoms with van der Waals surface area (Å²) in [6.45, 7) is 0. The fourth-order valence-corrected chi connectivity index (χ4v) is 2.72. The Morgan fingerprint density at radius 1 is 1.54 bits per heavy atom. The lowest BCUT2D eigenvalue weighted by Gasteiger charge is -2.33. The largest absolute Gasteiger partial charge is 0.446 e. The van der Waals surface area contributed by atoms with Crippen LogP contribution in [0.15, 0.2) is 0 Å². The van der Waals surface area contributed by atoms with Gasteiger partial charge in [-0.15, -0.1) is 0 Å². The Labute approximate surface area is 80.6 Å². The van der Waals surface area contributed by atoms with Crippen molar-refractivity contribution in [2.45, 2.75) is 18.9 Å². The molecule has 0 aromatic rings. The zero-order valence-corrected chi connectivity index (χ0v) is 8.35. The number of nitrogens with two attached hydrogens (primary N) is 1. The second-order valence-corrected chi connectivity index (χ2v) is 5.92. The smallest absolute Gasteiger partial charge is 0.404 e. The van der Waals surface area contributed by atoms with Gasteiger partial charge in [0, 0.05) is 10.7 Å². The maximum Gasteiger partial charge on any atom is 0.404 e. The standard InChI is InChI=1S/C6H10ClNO4S/c7-13(10,11)3-4-1-5(2-4)12-6(8)9/h4-5H,1-3H2,(H2,8,9). The minimum atomic E-state index is -3.44. The molecule has 1 saturated carbocycles. The van der Waals surface area contributed by atoms with Gasteiger partial charge in [-0.2, -0.15) is 0 Å². The van der Waals surface area contributed by atoms with Gasteiger partial charge in [0.1, 0.15) is 6.10 Å². The fourth-order valence-electron chi connectivity index (χ4n) is 1.35. The molecule has 1 rings (SSSR count). The summed E-state index contributed by atoms with van der Waals surface area (Å²) in [4.78, 5) is 10.3. The van der Waals surface area contributed by atoms with Crippen molar-refractivity contribution in [2.75, 3.05) is 5.75 Å². The Balaban J connectivity index is 2.23. The molecule has 76 valence electrons. The molecule has 0 aromatic carbocycles. The predicted molar refractivity (Wildman–Crippen MR) is 46.8 cm³/mol. The number of primary amides is 1. The molecule has 0 atom stereocenters. The first-order valence-corrected chi connectivity index (χ1v) is 6.23. The van der Waals surface area contributed by atoms with Gasteiger partial charge in [-0.1, -0.05) is 0 Å². The van der Waals surface area contributed by atoms with Crippen molar-refractivity contribution in [3.05, 3.63) is 0 Å². The number of hydrogen-bond acceptors (Lipinski definition) is 4. The van der Waals surface area contributed by atoms with Crippen LogP contribution in [-0.2, 0) is 13.8 Å². The lowest BCUT2D eigenvalue weighted by molar-refractivity contribution is 0.0296. The van der Waals surface area contributed by atoms with Crippen LogP contribution in [-0.4, -0.2) is 26.4 Å². The van der Waals surface area contributed by atoms with Crippen molar-refractivity contribution in [1.82, 2.24) is 0 Å². The van der Waals surface area contributed by atoms with E-state index in [1.54, 1.807) is 0 Å². The lowest BCUT2D eigenvalue weighted by atomic mass is 9.84. The van der Waals surface area contributed by atoms with Gasteiger partial charge in [-0.05, 0) is 18.8 Å². The molecule has 0 aromatic heterocycles. The Morgan fingerprint density at radius 2 is 2.08 bits per heavy atom. The van der Waals surface area contributed by atoms with Crippen molar-refractivity contribution < 1.29 is 17.9 Å². The zero-order valence-electron chi connectivity index (χ0n) is 6.77.